The summed E-state index contributed by atoms with van der Waals surface area (Å²) in [4.78, 5) is 18.6. The van der Waals surface area contributed by atoms with E-state index in [-0.39, 0.29) is 0 Å². The molecule has 5 nitrogen and oxygen atoms in total. The van der Waals surface area contributed by atoms with Gasteiger partial charge in [-0.15, -0.1) is 11.3 Å². The topological polar surface area (TPSA) is 63.6 Å². The van der Waals surface area contributed by atoms with Gasteiger partial charge in [0, 0.05) is 34.8 Å². The Kier molecular flexibility index (Phi) is 2.81. The van der Waals surface area contributed by atoms with E-state index in [1.807, 2.05) is 18.3 Å². The Bertz CT molecular complexity index is 750. The largest absolute Gasteiger partial charge is 0.349 e. The molecule has 1 aliphatic rings. The number of thiazole rings is 1. The fraction of sp³-hybridized carbons (Fsp3) is 0.286. The molecule has 0 saturated heterocycles. The zero-order valence-corrected chi connectivity index (χ0v) is 11.6. The fourth-order valence-corrected chi connectivity index (χ4v) is 3.06. The lowest BCUT2D eigenvalue weighted by Crippen LogP contribution is -2.02. The molecular formula is C14H13N5S. The van der Waals surface area contributed by atoms with Crippen molar-refractivity contribution in [2.75, 3.05) is 5.32 Å². The van der Waals surface area contributed by atoms with Gasteiger partial charge in [-0.1, -0.05) is 0 Å². The fourth-order valence-electron chi connectivity index (χ4n) is 2.04. The summed E-state index contributed by atoms with van der Waals surface area (Å²) in [5, 5.41) is 5.45. The molecule has 0 aromatic carbocycles. The molecule has 100 valence electrons. The van der Waals surface area contributed by atoms with Crippen LogP contribution in [0.15, 0.2) is 30.7 Å². The first-order chi connectivity index (χ1) is 9.88. The van der Waals surface area contributed by atoms with Gasteiger partial charge in [0.05, 0.1) is 11.6 Å². The summed E-state index contributed by atoms with van der Waals surface area (Å²) < 4.78 is 0. The monoisotopic (exact) mass is 283 g/mol. The summed E-state index contributed by atoms with van der Waals surface area (Å²) >= 11 is 1.78. The van der Waals surface area contributed by atoms with E-state index in [0.29, 0.717) is 18.1 Å². The minimum Gasteiger partial charge on any atom is -0.349 e. The lowest BCUT2D eigenvalue weighted by atomic mass is 10.3. The molecule has 3 heterocycles. The van der Waals surface area contributed by atoms with E-state index < -0.39 is 0 Å². The van der Waals surface area contributed by atoms with Crippen LogP contribution in [0.3, 0.4) is 0 Å². The first-order valence-electron chi connectivity index (χ1n) is 6.65. The smallest absolute Gasteiger partial charge is 0.225 e. The average Bonchev–Trinajstić information content (AvgIpc) is 3.24. The minimum absolute atomic E-state index is 0.609. The van der Waals surface area contributed by atoms with E-state index in [0.717, 1.165) is 11.3 Å². The van der Waals surface area contributed by atoms with Gasteiger partial charge in [-0.3, -0.25) is 0 Å². The van der Waals surface area contributed by atoms with Crippen LogP contribution in [0, 0.1) is 0 Å². The van der Waals surface area contributed by atoms with Crippen molar-refractivity contribution in [1.82, 2.24) is 19.9 Å². The van der Waals surface area contributed by atoms with Gasteiger partial charge in [-0.05, 0) is 25.0 Å². The number of nitrogens with zero attached hydrogens (tertiary/aromatic N) is 4. The predicted molar refractivity (Wildman–Crippen MR) is 78.7 cm³/mol. The second kappa shape index (κ2) is 4.79. The van der Waals surface area contributed by atoms with E-state index >= 15 is 0 Å². The Labute approximate surface area is 120 Å². The van der Waals surface area contributed by atoms with Gasteiger partial charge in [0.15, 0.2) is 5.65 Å². The SMILES string of the molecule is c1cnc2nc(NCc3cnc(C4CC4)s3)ncc2c1. The molecule has 6 heteroatoms. The van der Waals surface area contributed by atoms with Gasteiger partial charge in [-0.25, -0.2) is 15.0 Å². The first kappa shape index (κ1) is 11.7. The van der Waals surface area contributed by atoms with E-state index in [2.05, 4.69) is 25.3 Å². The molecule has 0 spiro atoms. The number of rotatable bonds is 4. The molecule has 1 N–H and O–H groups in total. The third-order valence-corrected chi connectivity index (χ3v) is 4.43. The van der Waals surface area contributed by atoms with Gasteiger partial charge >= 0.3 is 0 Å². The van der Waals surface area contributed by atoms with Crippen molar-refractivity contribution in [3.8, 4) is 0 Å². The number of aromatic nitrogens is 4. The van der Waals surface area contributed by atoms with E-state index in [9.17, 15) is 0 Å². The van der Waals surface area contributed by atoms with Crippen molar-refractivity contribution >= 4 is 28.3 Å². The van der Waals surface area contributed by atoms with Crippen molar-refractivity contribution in [2.45, 2.75) is 25.3 Å². The highest BCUT2D eigenvalue weighted by atomic mass is 32.1. The van der Waals surface area contributed by atoms with Crippen LogP contribution in [0.1, 0.15) is 28.6 Å². The van der Waals surface area contributed by atoms with Crippen LogP contribution in [-0.2, 0) is 6.54 Å². The molecule has 0 amide bonds. The van der Waals surface area contributed by atoms with Crippen molar-refractivity contribution in [1.29, 1.82) is 0 Å². The minimum atomic E-state index is 0.609. The Morgan fingerprint density at radius 2 is 2.15 bits per heavy atom. The Morgan fingerprint density at radius 3 is 3.05 bits per heavy atom. The summed E-state index contributed by atoms with van der Waals surface area (Å²) in [5.74, 6) is 1.33. The summed E-state index contributed by atoms with van der Waals surface area (Å²) in [6.07, 6.45) is 8.06. The molecule has 20 heavy (non-hydrogen) atoms. The zero-order chi connectivity index (χ0) is 13.4. The molecule has 0 atom stereocenters. The van der Waals surface area contributed by atoms with Gasteiger partial charge in [0.25, 0.3) is 0 Å². The number of pyridine rings is 1. The molecule has 1 saturated carbocycles. The molecule has 1 aliphatic carbocycles. The summed E-state index contributed by atoms with van der Waals surface area (Å²) in [5.41, 5.74) is 0.716. The quantitative estimate of drug-likeness (QED) is 0.797. The second-order valence-electron chi connectivity index (χ2n) is 4.90. The molecular weight excluding hydrogens is 270 g/mol. The highest BCUT2D eigenvalue weighted by Gasteiger charge is 2.26. The average molecular weight is 283 g/mol. The van der Waals surface area contributed by atoms with Crippen molar-refractivity contribution in [3.63, 3.8) is 0 Å². The van der Waals surface area contributed by atoms with Gasteiger partial charge in [0.2, 0.25) is 5.95 Å². The molecule has 0 aliphatic heterocycles. The maximum Gasteiger partial charge on any atom is 0.225 e. The molecule has 3 aromatic heterocycles. The maximum absolute atomic E-state index is 4.47. The van der Waals surface area contributed by atoms with Crippen LogP contribution in [-0.4, -0.2) is 19.9 Å². The van der Waals surface area contributed by atoms with Crippen LogP contribution in [0.5, 0.6) is 0 Å². The van der Waals surface area contributed by atoms with E-state index in [1.165, 1.54) is 22.7 Å². The standard InChI is InChI=1S/C14H13N5S/c1-2-10-6-17-14(19-12(10)15-5-1)18-8-11-7-16-13(20-11)9-3-4-9/h1-2,5-7,9H,3-4,8H2,(H,15,17,18,19). The molecule has 0 radical (unpaired) electrons. The first-order valence-corrected chi connectivity index (χ1v) is 7.46. The van der Waals surface area contributed by atoms with E-state index in [4.69, 9.17) is 0 Å². The van der Waals surface area contributed by atoms with Crippen LogP contribution >= 0.6 is 11.3 Å². The molecule has 0 bridgehead atoms. The van der Waals surface area contributed by atoms with Crippen molar-refractivity contribution < 1.29 is 0 Å². The maximum atomic E-state index is 4.47. The zero-order valence-electron chi connectivity index (χ0n) is 10.8. The molecule has 3 aromatic rings. The summed E-state index contributed by atoms with van der Waals surface area (Å²) in [6.45, 7) is 0.711. The predicted octanol–water partition coefficient (Wildman–Crippen LogP) is 2.97. The molecule has 0 unspecified atom stereocenters. The lowest BCUT2D eigenvalue weighted by molar-refractivity contribution is 1.06. The van der Waals surface area contributed by atoms with Crippen LogP contribution in [0.4, 0.5) is 5.95 Å². The van der Waals surface area contributed by atoms with Crippen LogP contribution in [0.2, 0.25) is 0 Å². The number of hydrogen-bond acceptors (Lipinski definition) is 6. The van der Waals surface area contributed by atoms with Gasteiger partial charge < -0.3 is 5.32 Å². The third-order valence-electron chi connectivity index (χ3n) is 3.27. The normalized spacial score (nSPS) is 14.6. The number of anilines is 1. The molecule has 4 rings (SSSR count). The van der Waals surface area contributed by atoms with E-state index in [1.54, 1.807) is 23.7 Å². The second-order valence-corrected chi connectivity index (χ2v) is 6.05. The summed E-state index contributed by atoms with van der Waals surface area (Å²) in [6, 6.07) is 3.84. The van der Waals surface area contributed by atoms with Crippen LogP contribution < -0.4 is 5.32 Å². The van der Waals surface area contributed by atoms with Gasteiger partial charge in [-0.2, -0.15) is 4.98 Å². The Hall–Kier alpha value is -2.08. The van der Waals surface area contributed by atoms with Crippen LogP contribution in [0.25, 0.3) is 11.0 Å². The summed E-state index contributed by atoms with van der Waals surface area (Å²) in [7, 11) is 0. The number of nitrogens with one attached hydrogen (secondary N) is 1. The highest BCUT2D eigenvalue weighted by Crippen LogP contribution is 2.41. The third kappa shape index (κ3) is 2.34. The number of fused-ring (bicyclic) bond motifs is 1. The highest BCUT2D eigenvalue weighted by molar-refractivity contribution is 7.11. The number of hydrogen-bond donors (Lipinski definition) is 1. The molecule has 1 fully saturated rings. The van der Waals surface area contributed by atoms with Crippen molar-refractivity contribution in [3.05, 3.63) is 40.6 Å². The Balaban J connectivity index is 1.48. The van der Waals surface area contributed by atoms with Gasteiger partial charge in [0.1, 0.15) is 0 Å². The Morgan fingerprint density at radius 1 is 1.20 bits per heavy atom. The lowest BCUT2D eigenvalue weighted by Gasteiger charge is -2.03. The van der Waals surface area contributed by atoms with Crippen molar-refractivity contribution in [2.24, 2.45) is 0 Å².